The molecule has 18 heavy (non-hydrogen) atoms. The molecule has 1 heterocycles. The van der Waals surface area contributed by atoms with Crippen molar-refractivity contribution in [3.8, 4) is 0 Å². The Bertz CT molecular complexity index is 436. The van der Waals surface area contributed by atoms with Crippen molar-refractivity contribution >= 4 is 5.91 Å². The fourth-order valence-electron chi connectivity index (χ4n) is 2.19. The molecule has 0 spiro atoms. The number of likely N-dealkylation sites (tertiary alicyclic amines) is 1. The summed E-state index contributed by atoms with van der Waals surface area (Å²) in [6.45, 7) is 2.98. The van der Waals surface area contributed by atoms with Crippen LogP contribution in [0.25, 0.3) is 0 Å². The molecule has 1 N–H and O–H groups in total. The molecule has 0 aromatic heterocycles. The predicted molar refractivity (Wildman–Crippen MR) is 66.5 cm³/mol. The van der Waals surface area contributed by atoms with Crippen LogP contribution in [0.5, 0.6) is 0 Å². The summed E-state index contributed by atoms with van der Waals surface area (Å²) in [5.41, 5.74) is 0.413. The molecule has 1 aromatic rings. The van der Waals surface area contributed by atoms with Gasteiger partial charge in [-0.1, -0.05) is 25.1 Å². The van der Waals surface area contributed by atoms with E-state index in [1.807, 2.05) is 6.92 Å². The van der Waals surface area contributed by atoms with E-state index >= 15 is 0 Å². The van der Waals surface area contributed by atoms with Crippen molar-refractivity contribution in [1.82, 2.24) is 4.90 Å². The minimum atomic E-state index is -0.469. The zero-order valence-electron chi connectivity index (χ0n) is 10.5. The molecule has 98 valence electrons. The number of hydrogen-bond acceptors (Lipinski definition) is 2. The molecule has 1 saturated heterocycles. The van der Waals surface area contributed by atoms with Crippen LogP contribution in [-0.2, 0) is 11.2 Å². The Hall–Kier alpha value is -1.42. The first-order chi connectivity index (χ1) is 8.58. The third kappa shape index (κ3) is 2.88. The largest absolute Gasteiger partial charge is 0.391 e. The van der Waals surface area contributed by atoms with Gasteiger partial charge in [0.15, 0.2) is 0 Å². The van der Waals surface area contributed by atoms with Crippen molar-refractivity contribution < 1.29 is 14.3 Å². The van der Waals surface area contributed by atoms with Crippen LogP contribution in [0.3, 0.4) is 0 Å². The lowest BCUT2D eigenvalue weighted by Crippen LogP contribution is -2.46. The van der Waals surface area contributed by atoms with Gasteiger partial charge in [0.05, 0.1) is 12.5 Å². The highest BCUT2D eigenvalue weighted by molar-refractivity contribution is 5.79. The number of β-amino-alcohol motifs (C(OH)–C–C–N with tert-alkyl or cyclic N) is 1. The standard InChI is InChI=1S/C14H18FNO2/c1-10-6-7-16(9-13(10)17)14(18)8-11-4-2-3-5-12(11)15/h2-5,10,13,17H,6-9H2,1H3. The molecular weight excluding hydrogens is 233 g/mol. The summed E-state index contributed by atoms with van der Waals surface area (Å²) in [7, 11) is 0. The summed E-state index contributed by atoms with van der Waals surface area (Å²) in [5.74, 6) is -0.245. The molecule has 0 aliphatic carbocycles. The van der Waals surface area contributed by atoms with E-state index in [1.165, 1.54) is 6.07 Å². The van der Waals surface area contributed by atoms with Crippen LogP contribution in [0.1, 0.15) is 18.9 Å². The van der Waals surface area contributed by atoms with Gasteiger partial charge in [-0.2, -0.15) is 0 Å². The van der Waals surface area contributed by atoms with Gasteiger partial charge >= 0.3 is 0 Å². The Labute approximate surface area is 106 Å². The number of benzene rings is 1. The van der Waals surface area contributed by atoms with Crippen LogP contribution in [0, 0.1) is 11.7 Å². The number of carbonyl (C=O) groups is 1. The van der Waals surface area contributed by atoms with Crippen molar-refractivity contribution in [3.63, 3.8) is 0 Å². The van der Waals surface area contributed by atoms with Gasteiger partial charge in [0.25, 0.3) is 0 Å². The Morgan fingerprint density at radius 2 is 2.22 bits per heavy atom. The molecule has 1 fully saturated rings. The summed E-state index contributed by atoms with van der Waals surface area (Å²) in [6.07, 6.45) is 0.390. The van der Waals surface area contributed by atoms with Crippen LogP contribution in [0.15, 0.2) is 24.3 Å². The molecule has 0 radical (unpaired) electrons. The maximum absolute atomic E-state index is 13.4. The Balaban J connectivity index is 1.99. The van der Waals surface area contributed by atoms with Gasteiger partial charge in [0, 0.05) is 13.1 Å². The van der Waals surface area contributed by atoms with Gasteiger partial charge in [-0.25, -0.2) is 4.39 Å². The topological polar surface area (TPSA) is 40.5 Å². The molecule has 1 aliphatic heterocycles. The van der Waals surface area contributed by atoms with Gasteiger partial charge in [0.1, 0.15) is 5.82 Å². The normalized spacial score (nSPS) is 24.1. The third-order valence-corrected chi connectivity index (χ3v) is 3.57. The fourth-order valence-corrected chi connectivity index (χ4v) is 2.19. The molecule has 4 heteroatoms. The summed E-state index contributed by atoms with van der Waals surface area (Å²) < 4.78 is 13.4. The number of aliphatic hydroxyl groups is 1. The molecule has 1 aliphatic rings. The molecule has 1 aromatic carbocycles. The molecule has 1 amide bonds. The lowest BCUT2D eigenvalue weighted by Gasteiger charge is -2.34. The zero-order chi connectivity index (χ0) is 13.1. The second-order valence-electron chi connectivity index (χ2n) is 4.94. The van der Waals surface area contributed by atoms with Crippen molar-refractivity contribution in [2.24, 2.45) is 5.92 Å². The number of amides is 1. The molecule has 2 atom stereocenters. The fraction of sp³-hybridized carbons (Fsp3) is 0.500. The molecule has 0 saturated carbocycles. The van der Waals surface area contributed by atoms with E-state index < -0.39 is 6.10 Å². The average Bonchev–Trinajstić information content (AvgIpc) is 2.35. The Morgan fingerprint density at radius 1 is 1.50 bits per heavy atom. The van der Waals surface area contributed by atoms with E-state index in [9.17, 15) is 14.3 Å². The first-order valence-corrected chi connectivity index (χ1v) is 6.27. The van der Waals surface area contributed by atoms with Crippen molar-refractivity contribution in [2.75, 3.05) is 13.1 Å². The maximum Gasteiger partial charge on any atom is 0.227 e. The number of nitrogens with zero attached hydrogens (tertiary/aromatic N) is 1. The lowest BCUT2D eigenvalue weighted by molar-refractivity contribution is -0.134. The molecule has 3 nitrogen and oxygen atoms in total. The minimum absolute atomic E-state index is 0.0633. The van der Waals surface area contributed by atoms with Gasteiger partial charge in [-0.3, -0.25) is 4.79 Å². The van der Waals surface area contributed by atoms with E-state index in [1.54, 1.807) is 23.1 Å². The highest BCUT2D eigenvalue weighted by Crippen LogP contribution is 2.18. The van der Waals surface area contributed by atoms with Crippen LogP contribution in [0.4, 0.5) is 4.39 Å². The van der Waals surface area contributed by atoms with E-state index in [0.29, 0.717) is 18.7 Å². The molecule has 2 unspecified atom stereocenters. The highest BCUT2D eigenvalue weighted by atomic mass is 19.1. The quantitative estimate of drug-likeness (QED) is 0.867. The van der Waals surface area contributed by atoms with Gasteiger partial charge in [-0.15, -0.1) is 0 Å². The number of piperidine rings is 1. The van der Waals surface area contributed by atoms with Gasteiger partial charge < -0.3 is 10.0 Å². The smallest absolute Gasteiger partial charge is 0.227 e. The predicted octanol–water partition coefficient (Wildman–Crippen LogP) is 1.60. The number of aliphatic hydroxyl groups excluding tert-OH is 1. The van der Waals surface area contributed by atoms with Gasteiger partial charge in [0.2, 0.25) is 5.91 Å². The summed E-state index contributed by atoms with van der Waals surface area (Å²) >= 11 is 0. The zero-order valence-corrected chi connectivity index (χ0v) is 10.5. The number of rotatable bonds is 2. The van der Waals surface area contributed by atoms with E-state index in [-0.39, 0.29) is 24.1 Å². The molecule has 2 rings (SSSR count). The second-order valence-corrected chi connectivity index (χ2v) is 4.94. The van der Waals surface area contributed by atoms with Crippen molar-refractivity contribution in [1.29, 1.82) is 0 Å². The third-order valence-electron chi connectivity index (χ3n) is 3.57. The number of halogens is 1. The molecule has 0 bridgehead atoms. The summed E-state index contributed by atoms with van der Waals surface area (Å²) in [6, 6.07) is 6.31. The SMILES string of the molecule is CC1CCN(C(=O)Cc2ccccc2F)CC1O. The lowest BCUT2D eigenvalue weighted by atomic mass is 9.95. The summed E-state index contributed by atoms with van der Waals surface area (Å²) in [4.78, 5) is 13.6. The van der Waals surface area contributed by atoms with Crippen molar-refractivity contribution in [2.45, 2.75) is 25.9 Å². The van der Waals surface area contributed by atoms with E-state index in [0.717, 1.165) is 6.42 Å². The number of carbonyl (C=O) groups excluding carboxylic acids is 1. The van der Waals surface area contributed by atoms with Crippen LogP contribution in [-0.4, -0.2) is 35.1 Å². The highest BCUT2D eigenvalue weighted by Gasteiger charge is 2.27. The maximum atomic E-state index is 13.4. The van der Waals surface area contributed by atoms with E-state index in [4.69, 9.17) is 0 Å². The van der Waals surface area contributed by atoms with Crippen molar-refractivity contribution in [3.05, 3.63) is 35.6 Å². The second kappa shape index (κ2) is 5.48. The first-order valence-electron chi connectivity index (χ1n) is 6.27. The average molecular weight is 251 g/mol. The Kier molecular flexibility index (Phi) is 3.97. The van der Waals surface area contributed by atoms with E-state index in [2.05, 4.69) is 0 Å². The minimum Gasteiger partial charge on any atom is -0.391 e. The first kappa shape index (κ1) is 13.0. The number of hydrogen-bond donors (Lipinski definition) is 1. The Morgan fingerprint density at radius 3 is 2.89 bits per heavy atom. The van der Waals surface area contributed by atoms with Crippen LogP contribution >= 0.6 is 0 Å². The van der Waals surface area contributed by atoms with Crippen LogP contribution in [0.2, 0.25) is 0 Å². The summed E-state index contributed by atoms with van der Waals surface area (Å²) in [5, 5.41) is 9.75. The van der Waals surface area contributed by atoms with Crippen LogP contribution < -0.4 is 0 Å². The van der Waals surface area contributed by atoms with Gasteiger partial charge in [-0.05, 0) is 24.0 Å². The monoisotopic (exact) mass is 251 g/mol. The molecular formula is C14H18FNO2.